The predicted octanol–water partition coefficient (Wildman–Crippen LogP) is 2.53. The molecular formula is C13H12N2O2S. The average molecular weight is 260 g/mol. The lowest BCUT2D eigenvalue weighted by Gasteiger charge is -2.00. The van der Waals surface area contributed by atoms with Crippen LogP contribution in [-0.2, 0) is 0 Å². The van der Waals surface area contributed by atoms with Gasteiger partial charge in [-0.15, -0.1) is 11.3 Å². The maximum atomic E-state index is 11.6. The van der Waals surface area contributed by atoms with Crippen LogP contribution >= 0.6 is 11.3 Å². The minimum Gasteiger partial charge on any atom is -0.507 e. The molecule has 0 saturated heterocycles. The summed E-state index contributed by atoms with van der Waals surface area (Å²) in [5.74, 6) is -0.122. The number of thiophene rings is 1. The first-order chi connectivity index (χ1) is 8.66. The van der Waals surface area contributed by atoms with E-state index in [0.717, 1.165) is 5.56 Å². The fourth-order valence-corrected chi connectivity index (χ4v) is 2.01. The molecule has 0 bridgehead atoms. The zero-order valence-corrected chi connectivity index (χ0v) is 10.6. The maximum absolute atomic E-state index is 11.6. The molecule has 4 nitrogen and oxygen atoms in total. The van der Waals surface area contributed by atoms with E-state index in [-0.39, 0.29) is 11.7 Å². The molecule has 0 aliphatic carbocycles. The minimum atomic E-state index is -0.256. The summed E-state index contributed by atoms with van der Waals surface area (Å²) in [6, 6.07) is 8.71. The molecule has 0 atom stereocenters. The molecule has 0 unspecified atom stereocenters. The van der Waals surface area contributed by atoms with Gasteiger partial charge in [-0.3, -0.25) is 4.79 Å². The lowest BCUT2D eigenvalue weighted by molar-refractivity contribution is 0.0959. The molecule has 1 amide bonds. The van der Waals surface area contributed by atoms with Gasteiger partial charge in [-0.05, 0) is 30.5 Å². The number of hydrazone groups is 1. The van der Waals surface area contributed by atoms with E-state index in [4.69, 9.17) is 0 Å². The van der Waals surface area contributed by atoms with Crippen LogP contribution < -0.4 is 5.43 Å². The van der Waals surface area contributed by atoms with Crippen LogP contribution in [0.3, 0.4) is 0 Å². The highest BCUT2D eigenvalue weighted by molar-refractivity contribution is 7.12. The number of hydrogen-bond donors (Lipinski definition) is 2. The summed E-state index contributed by atoms with van der Waals surface area (Å²) in [5, 5.41) is 15.2. The molecule has 2 aromatic rings. The summed E-state index contributed by atoms with van der Waals surface area (Å²) < 4.78 is 0. The molecule has 5 heteroatoms. The van der Waals surface area contributed by atoms with Crippen LogP contribution in [0.15, 0.2) is 40.8 Å². The number of amides is 1. The first-order valence-corrected chi connectivity index (χ1v) is 6.21. The van der Waals surface area contributed by atoms with Crippen molar-refractivity contribution in [2.45, 2.75) is 6.92 Å². The van der Waals surface area contributed by atoms with Gasteiger partial charge in [0.15, 0.2) is 0 Å². The number of nitrogens with zero attached hydrogens (tertiary/aromatic N) is 1. The quantitative estimate of drug-likeness (QED) is 0.658. The average Bonchev–Trinajstić information content (AvgIpc) is 2.87. The molecule has 1 aromatic carbocycles. The number of aryl methyl sites for hydroxylation is 1. The molecule has 1 heterocycles. The van der Waals surface area contributed by atoms with Crippen molar-refractivity contribution >= 4 is 23.5 Å². The van der Waals surface area contributed by atoms with Gasteiger partial charge in [0.05, 0.1) is 11.1 Å². The minimum absolute atomic E-state index is 0.134. The smallest absolute Gasteiger partial charge is 0.281 e. The Morgan fingerprint density at radius 2 is 2.28 bits per heavy atom. The zero-order valence-electron chi connectivity index (χ0n) is 9.75. The lowest BCUT2D eigenvalue weighted by atomic mass is 10.1. The Labute approximate surface area is 109 Å². The van der Waals surface area contributed by atoms with Gasteiger partial charge >= 0.3 is 0 Å². The normalized spacial score (nSPS) is 10.7. The van der Waals surface area contributed by atoms with Crippen LogP contribution in [0, 0.1) is 6.92 Å². The third-order valence-corrected chi connectivity index (χ3v) is 3.17. The van der Waals surface area contributed by atoms with Gasteiger partial charge in [-0.1, -0.05) is 17.7 Å². The Morgan fingerprint density at radius 3 is 3.00 bits per heavy atom. The first-order valence-electron chi connectivity index (χ1n) is 5.33. The third kappa shape index (κ3) is 2.95. The number of rotatable bonds is 3. The fourth-order valence-electron chi connectivity index (χ4n) is 1.40. The molecule has 2 N–H and O–H groups in total. The Kier molecular flexibility index (Phi) is 3.74. The van der Waals surface area contributed by atoms with Gasteiger partial charge in [0, 0.05) is 5.56 Å². The molecule has 0 spiro atoms. The van der Waals surface area contributed by atoms with Crippen molar-refractivity contribution in [3.63, 3.8) is 0 Å². The van der Waals surface area contributed by atoms with Crippen LogP contribution in [0.5, 0.6) is 5.75 Å². The highest BCUT2D eigenvalue weighted by Crippen LogP contribution is 2.15. The largest absolute Gasteiger partial charge is 0.507 e. The van der Waals surface area contributed by atoms with Crippen LogP contribution in [0.2, 0.25) is 0 Å². The lowest BCUT2D eigenvalue weighted by Crippen LogP contribution is -2.16. The van der Waals surface area contributed by atoms with E-state index in [1.807, 2.05) is 12.3 Å². The van der Waals surface area contributed by atoms with Gasteiger partial charge in [0.2, 0.25) is 0 Å². The van der Waals surface area contributed by atoms with Crippen molar-refractivity contribution in [3.05, 3.63) is 51.7 Å². The van der Waals surface area contributed by atoms with E-state index >= 15 is 0 Å². The molecule has 2 rings (SSSR count). The molecule has 0 aliphatic heterocycles. The van der Waals surface area contributed by atoms with Crippen molar-refractivity contribution in [1.82, 2.24) is 5.43 Å². The summed E-state index contributed by atoms with van der Waals surface area (Å²) in [6.45, 7) is 1.92. The number of carbonyl (C=O) groups excluding carboxylic acids is 1. The Morgan fingerprint density at radius 1 is 1.44 bits per heavy atom. The number of benzene rings is 1. The Hall–Kier alpha value is -2.14. The van der Waals surface area contributed by atoms with Crippen molar-refractivity contribution in [3.8, 4) is 5.75 Å². The van der Waals surface area contributed by atoms with Crippen LogP contribution in [0.1, 0.15) is 20.8 Å². The van der Waals surface area contributed by atoms with E-state index in [1.54, 1.807) is 30.3 Å². The Balaban J connectivity index is 2.03. The molecule has 18 heavy (non-hydrogen) atoms. The van der Waals surface area contributed by atoms with E-state index in [2.05, 4.69) is 10.5 Å². The molecule has 0 radical (unpaired) electrons. The number of carbonyl (C=O) groups is 1. The topological polar surface area (TPSA) is 61.7 Å². The van der Waals surface area contributed by atoms with E-state index in [0.29, 0.717) is 10.4 Å². The second kappa shape index (κ2) is 5.46. The second-order valence-electron chi connectivity index (χ2n) is 3.74. The van der Waals surface area contributed by atoms with Gasteiger partial charge < -0.3 is 5.11 Å². The fraction of sp³-hybridized carbons (Fsp3) is 0.0769. The van der Waals surface area contributed by atoms with Gasteiger partial charge in [-0.25, -0.2) is 5.43 Å². The van der Waals surface area contributed by atoms with Gasteiger partial charge in [0.25, 0.3) is 5.91 Å². The van der Waals surface area contributed by atoms with Crippen molar-refractivity contribution < 1.29 is 9.90 Å². The van der Waals surface area contributed by atoms with Crippen molar-refractivity contribution in [2.24, 2.45) is 5.10 Å². The zero-order chi connectivity index (χ0) is 13.0. The van der Waals surface area contributed by atoms with E-state index in [9.17, 15) is 9.90 Å². The van der Waals surface area contributed by atoms with Gasteiger partial charge in [-0.2, -0.15) is 5.10 Å². The highest BCUT2D eigenvalue weighted by Gasteiger charge is 2.04. The first kappa shape index (κ1) is 12.3. The number of phenolic OH excluding ortho intramolecular Hbond substituents is 1. The number of nitrogens with one attached hydrogen (secondary N) is 1. The molecule has 0 saturated carbocycles. The molecule has 1 aromatic heterocycles. The molecular weight excluding hydrogens is 248 g/mol. The van der Waals surface area contributed by atoms with E-state index in [1.165, 1.54) is 17.6 Å². The number of phenols is 1. The number of hydrogen-bond acceptors (Lipinski definition) is 4. The van der Waals surface area contributed by atoms with Crippen molar-refractivity contribution in [2.75, 3.05) is 0 Å². The van der Waals surface area contributed by atoms with Crippen LogP contribution in [0.25, 0.3) is 0 Å². The highest BCUT2D eigenvalue weighted by atomic mass is 32.1. The summed E-state index contributed by atoms with van der Waals surface area (Å²) in [7, 11) is 0. The van der Waals surface area contributed by atoms with Gasteiger partial charge in [0.1, 0.15) is 5.75 Å². The Bertz CT molecular complexity index is 577. The molecule has 0 aliphatic rings. The van der Waals surface area contributed by atoms with E-state index < -0.39 is 0 Å². The third-order valence-electron chi connectivity index (χ3n) is 2.30. The number of aromatic hydroxyl groups is 1. The van der Waals surface area contributed by atoms with Crippen LogP contribution in [-0.4, -0.2) is 17.2 Å². The SMILES string of the molecule is Cc1ccc(O)c(/C=N/NC(=O)c2cccs2)c1. The second-order valence-corrected chi connectivity index (χ2v) is 4.69. The predicted molar refractivity (Wildman–Crippen MR) is 72.2 cm³/mol. The standard InChI is InChI=1S/C13H12N2O2S/c1-9-4-5-11(16)10(7-9)8-14-15-13(17)12-3-2-6-18-12/h2-8,16H,1H3,(H,15,17)/b14-8+. The maximum Gasteiger partial charge on any atom is 0.281 e. The monoisotopic (exact) mass is 260 g/mol. The summed E-state index contributed by atoms with van der Waals surface area (Å²) in [5.41, 5.74) is 3.99. The molecule has 0 fully saturated rings. The summed E-state index contributed by atoms with van der Waals surface area (Å²) in [6.07, 6.45) is 1.42. The van der Waals surface area contributed by atoms with Crippen LogP contribution in [0.4, 0.5) is 0 Å². The summed E-state index contributed by atoms with van der Waals surface area (Å²) in [4.78, 5) is 12.2. The van der Waals surface area contributed by atoms with Crippen molar-refractivity contribution in [1.29, 1.82) is 0 Å². The summed E-state index contributed by atoms with van der Waals surface area (Å²) >= 11 is 1.35. The molecule has 92 valence electrons.